The quantitative estimate of drug-likeness (QED) is 0.371. The van der Waals surface area contributed by atoms with Crippen LogP contribution in [0.5, 0.6) is 0 Å². The Balaban J connectivity index is 0. The summed E-state index contributed by atoms with van der Waals surface area (Å²) in [6, 6.07) is 0. The molecule has 0 saturated heterocycles. The Morgan fingerprint density at radius 3 is 2.00 bits per heavy atom. The van der Waals surface area contributed by atoms with Crippen molar-refractivity contribution in [2.24, 2.45) is 0 Å². The molecule has 0 aliphatic heterocycles. The van der Waals surface area contributed by atoms with E-state index in [0.29, 0.717) is 0 Å². The van der Waals surface area contributed by atoms with Gasteiger partial charge in [0.15, 0.2) is 0 Å². The molecule has 0 atom stereocenters. The maximum absolute atomic E-state index is 3.46. The van der Waals surface area contributed by atoms with Crippen LogP contribution in [0.1, 0.15) is 6.92 Å². The van der Waals surface area contributed by atoms with Gasteiger partial charge in [0.25, 0.3) is 0 Å². The Morgan fingerprint density at radius 1 is 1.50 bits per heavy atom. The molecule has 0 spiro atoms. The molecule has 0 aliphatic carbocycles. The topological polar surface area (TPSA) is 0 Å². The number of hydrogen-bond acceptors (Lipinski definition) is 0. The third-order valence-corrected chi connectivity index (χ3v) is 0.329. The summed E-state index contributed by atoms with van der Waals surface area (Å²) in [4.78, 5) is 0. The van der Waals surface area contributed by atoms with E-state index in [0.717, 1.165) is 0 Å². The van der Waals surface area contributed by atoms with Gasteiger partial charge >= 0.3 is 0 Å². The average molecular weight is 127 g/mol. The van der Waals surface area contributed by atoms with Crippen molar-refractivity contribution in [3.8, 4) is 0 Å². The molecule has 0 nitrogen and oxygen atoms in total. The van der Waals surface area contributed by atoms with Crippen LogP contribution in [0.4, 0.5) is 0 Å². The van der Waals surface area contributed by atoms with Crippen LogP contribution in [0.15, 0.2) is 24.8 Å². The van der Waals surface area contributed by atoms with Crippen LogP contribution >= 0.6 is 0 Å². The van der Waals surface area contributed by atoms with Crippen molar-refractivity contribution < 1.29 is 16.5 Å². The predicted octanol–water partition coefficient (Wildman–Crippen LogP) is 1.75. The Hall–Kier alpha value is -0.0265. The molecule has 0 bridgehead atoms. The molecule has 0 heterocycles. The fraction of sp³-hybridized carbons (Fsp3) is 0.200. The molecule has 0 radical (unpaired) electrons. The molecule has 0 rings (SSSR count). The van der Waals surface area contributed by atoms with Crippen molar-refractivity contribution in [1.29, 1.82) is 0 Å². The molecular weight excluding hydrogens is 119 g/mol. The van der Waals surface area contributed by atoms with Crippen molar-refractivity contribution in [3.63, 3.8) is 0 Å². The SMILES string of the molecule is C=CC=CC.[Ni]. The first-order valence-electron chi connectivity index (χ1n) is 1.65. The van der Waals surface area contributed by atoms with Gasteiger partial charge < -0.3 is 0 Å². The Bertz CT molecular complexity index is 45.9. The van der Waals surface area contributed by atoms with Crippen LogP contribution < -0.4 is 0 Å². The summed E-state index contributed by atoms with van der Waals surface area (Å²) in [5.74, 6) is 0. The van der Waals surface area contributed by atoms with Crippen LogP contribution in [-0.2, 0) is 16.5 Å². The first-order chi connectivity index (χ1) is 2.41. The molecule has 0 aliphatic rings. The van der Waals surface area contributed by atoms with Gasteiger partial charge in [0, 0.05) is 16.5 Å². The summed E-state index contributed by atoms with van der Waals surface area (Å²) < 4.78 is 0. The molecule has 0 N–H and O–H groups in total. The minimum Gasteiger partial charge on any atom is -0.0991 e. The van der Waals surface area contributed by atoms with E-state index in [1.807, 2.05) is 19.1 Å². The molecule has 1 heteroatoms. The van der Waals surface area contributed by atoms with Crippen molar-refractivity contribution >= 4 is 0 Å². The van der Waals surface area contributed by atoms with Gasteiger partial charge in [-0.1, -0.05) is 24.8 Å². The van der Waals surface area contributed by atoms with Crippen LogP contribution in [0.2, 0.25) is 0 Å². The number of rotatable bonds is 1. The van der Waals surface area contributed by atoms with Crippen LogP contribution in [0, 0.1) is 0 Å². The van der Waals surface area contributed by atoms with Gasteiger partial charge in [-0.3, -0.25) is 0 Å². The third kappa shape index (κ3) is 9.02. The summed E-state index contributed by atoms with van der Waals surface area (Å²) in [5, 5.41) is 0. The fourth-order valence-electron chi connectivity index (χ4n) is 0.136. The zero-order valence-electron chi connectivity index (χ0n) is 3.76. The molecule has 0 saturated carbocycles. The first-order valence-corrected chi connectivity index (χ1v) is 1.65. The minimum atomic E-state index is 0. The number of hydrogen-bond donors (Lipinski definition) is 0. The maximum atomic E-state index is 3.46. The van der Waals surface area contributed by atoms with Crippen molar-refractivity contribution in [1.82, 2.24) is 0 Å². The van der Waals surface area contributed by atoms with Gasteiger partial charge in [-0.25, -0.2) is 0 Å². The average Bonchev–Trinajstić information content (AvgIpc) is 1.41. The second-order valence-corrected chi connectivity index (χ2v) is 0.761. The zero-order valence-corrected chi connectivity index (χ0v) is 4.74. The molecule has 0 aromatic rings. The maximum Gasteiger partial charge on any atom is 0 e. The summed E-state index contributed by atoms with van der Waals surface area (Å²) in [6.45, 7) is 5.42. The fourth-order valence-corrected chi connectivity index (χ4v) is 0.136. The second kappa shape index (κ2) is 8.88. The van der Waals surface area contributed by atoms with Gasteiger partial charge in [0.2, 0.25) is 0 Å². The van der Waals surface area contributed by atoms with Gasteiger partial charge in [0.05, 0.1) is 0 Å². The van der Waals surface area contributed by atoms with E-state index in [1.54, 1.807) is 6.08 Å². The van der Waals surface area contributed by atoms with Crippen molar-refractivity contribution in [2.75, 3.05) is 0 Å². The predicted molar refractivity (Wildman–Crippen MR) is 25.0 cm³/mol. The van der Waals surface area contributed by atoms with Gasteiger partial charge in [-0.05, 0) is 6.92 Å². The molecule has 0 aromatic heterocycles. The Morgan fingerprint density at radius 2 is 2.00 bits per heavy atom. The standard InChI is InChI=1S/C5H8.Ni/c1-3-5-4-2;/h3-5H,1H2,2H3;. The van der Waals surface area contributed by atoms with Crippen molar-refractivity contribution in [3.05, 3.63) is 24.8 Å². The van der Waals surface area contributed by atoms with Gasteiger partial charge in [-0.2, -0.15) is 0 Å². The zero-order chi connectivity index (χ0) is 4.12. The third-order valence-electron chi connectivity index (χ3n) is 0.329. The normalized spacial score (nSPS) is 7.50. The molecule has 38 valence electrons. The van der Waals surface area contributed by atoms with E-state index in [1.165, 1.54) is 0 Å². The molecule has 0 fully saturated rings. The smallest absolute Gasteiger partial charge is 0 e. The van der Waals surface area contributed by atoms with Gasteiger partial charge in [0.1, 0.15) is 0 Å². The number of allylic oxidation sites excluding steroid dienone is 3. The summed E-state index contributed by atoms with van der Waals surface area (Å²) in [6.07, 6.45) is 5.58. The summed E-state index contributed by atoms with van der Waals surface area (Å²) in [5.41, 5.74) is 0. The molecule has 0 unspecified atom stereocenters. The van der Waals surface area contributed by atoms with Crippen LogP contribution in [0.25, 0.3) is 0 Å². The van der Waals surface area contributed by atoms with Crippen LogP contribution in [0.3, 0.4) is 0 Å². The Labute approximate surface area is 48.9 Å². The summed E-state index contributed by atoms with van der Waals surface area (Å²) >= 11 is 0. The van der Waals surface area contributed by atoms with E-state index < -0.39 is 0 Å². The second-order valence-electron chi connectivity index (χ2n) is 0.761. The monoisotopic (exact) mass is 126 g/mol. The van der Waals surface area contributed by atoms with E-state index in [-0.39, 0.29) is 16.5 Å². The minimum absolute atomic E-state index is 0. The molecule has 0 aromatic carbocycles. The van der Waals surface area contributed by atoms with Crippen molar-refractivity contribution in [2.45, 2.75) is 6.92 Å². The largest absolute Gasteiger partial charge is 0.0991 e. The first kappa shape index (κ1) is 9.36. The van der Waals surface area contributed by atoms with E-state index in [2.05, 4.69) is 6.58 Å². The van der Waals surface area contributed by atoms with Crippen LogP contribution in [-0.4, -0.2) is 0 Å². The molecule has 0 amide bonds. The summed E-state index contributed by atoms with van der Waals surface area (Å²) in [7, 11) is 0. The molecule has 6 heavy (non-hydrogen) atoms. The Kier molecular flexibility index (Phi) is 13.9. The van der Waals surface area contributed by atoms with E-state index >= 15 is 0 Å². The van der Waals surface area contributed by atoms with Gasteiger partial charge in [-0.15, -0.1) is 0 Å². The van der Waals surface area contributed by atoms with E-state index in [9.17, 15) is 0 Å². The van der Waals surface area contributed by atoms with E-state index in [4.69, 9.17) is 0 Å². The molecular formula is C5H8Ni.